The van der Waals surface area contributed by atoms with Crippen LogP contribution in [0.3, 0.4) is 0 Å². The molecule has 3 atom stereocenters. The van der Waals surface area contributed by atoms with Gasteiger partial charge in [0.2, 0.25) is 5.91 Å². The Kier molecular flexibility index (Phi) is 3.79. The molecule has 98 valence electrons. The fourth-order valence-electron chi connectivity index (χ4n) is 3.62. The van der Waals surface area contributed by atoms with Gasteiger partial charge in [0, 0.05) is 12.0 Å². The van der Waals surface area contributed by atoms with Gasteiger partial charge >= 0.3 is 0 Å². The highest BCUT2D eigenvalue weighted by Crippen LogP contribution is 2.40. The summed E-state index contributed by atoms with van der Waals surface area (Å²) in [5.41, 5.74) is 0.201. The molecule has 1 amide bonds. The van der Waals surface area contributed by atoms with Gasteiger partial charge in [-0.3, -0.25) is 4.79 Å². The van der Waals surface area contributed by atoms with E-state index < -0.39 is 0 Å². The van der Waals surface area contributed by atoms with Crippen LogP contribution in [-0.2, 0) is 4.79 Å². The minimum atomic E-state index is 0.201. The summed E-state index contributed by atoms with van der Waals surface area (Å²) in [4.78, 5) is 12.4. The molecule has 2 rings (SSSR count). The van der Waals surface area contributed by atoms with E-state index in [1.165, 1.54) is 38.5 Å². The summed E-state index contributed by atoms with van der Waals surface area (Å²) in [5.74, 6) is 1.36. The van der Waals surface area contributed by atoms with Gasteiger partial charge in [0.25, 0.3) is 0 Å². The van der Waals surface area contributed by atoms with Gasteiger partial charge in [-0.1, -0.05) is 33.6 Å². The van der Waals surface area contributed by atoms with Crippen LogP contribution in [0.4, 0.5) is 0 Å². The van der Waals surface area contributed by atoms with Gasteiger partial charge in [-0.05, 0) is 43.4 Å². The fraction of sp³-hybridized carbons (Fsp3) is 0.933. The summed E-state index contributed by atoms with van der Waals surface area (Å²) in [5, 5.41) is 3.30. The van der Waals surface area contributed by atoms with E-state index in [0.29, 0.717) is 11.9 Å². The second-order valence-corrected chi connectivity index (χ2v) is 6.91. The molecular formula is C15H27NO. The van der Waals surface area contributed by atoms with E-state index in [2.05, 4.69) is 26.1 Å². The molecule has 2 fully saturated rings. The molecule has 2 aliphatic rings. The van der Waals surface area contributed by atoms with Crippen molar-refractivity contribution in [2.45, 2.75) is 71.8 Å². The van der Waals surface area contributed by atoms with Crippen LogP contribution in [0.1, 0.15) is 65.7 Å². The Labute approximate surface area is 106 Å². The lowest BCUT2D eigenvalue weighted by Gasteiger charge is -2.38. The normalized spacial score (nSPS) is 36.8. The van der Waals surface area contributed by atoms with E-state index in [1.54, 1.807) is 0 Å². The van der Waals surface area contributed by atoms with Crippen molar-refractivity contribution in [1.82, 2.24) is 5.32 Å². The van der Waals surface area contributed by atoms with Crippen LogP contribution < -0.4 is 5.32 Å². The Balaban J connectivity index is 1.90. The highest BCUT2D eigenvalue weighted by molar-refractivity contribution is 5.79. The number of amides is 1. The zero-order valence-corrected chi connectivity index (χ0v) is 11.6. The molecule has 17 heavy (non-hydrogen) atoms. The van der Waals surface area contributed by atoms with E-state index in [4.69, 9.17) is 0 Å². The first-order chi connectivity index (χ1) is 7.99. The number of carbonyl (C=O) groups excluding carboxylic acids is 1. The molecule has 0 aromatic heterocycles. The van der Waals surface area contributed by atoms with E-state index in [-0.39, 0.29) is 11.3 Å². The molecule has 2 heteroatoms. The lowest BCUT2D eigenvalue weighted by atomic mass is 9.68. The lowest BCUT2D eigenvalue weighted by molar-refractivity contribution is -0.130. The molecule has 0 aromatic carbocycles. The monoisotopic (exact) mass is 237 g/mol. The molecule has 0 saturated heterocycles. The summed E-state index contributed by atoms with van der Waals surface area (Å²) >= 11 is 0. The maximum atomic E-state index is 12.4. The average Bonchev–Trinajstić information content (AvgIpc) is 2.63. The molecule has 2 nitrogen and oxygen atoms in total. The maximum absolute atomic E-state index is 12.4. The quantitative estimate of drug-likeness (QED) is 0.782. The van der Waals surface area contributed by atoms with Gasteiger partial charge < -0.3 is 5.32 Å². The Morgan fingerprint density at radius 2 is 1.94 bits per heavy atom. The first kappa shape index (κ1) is 12.9. The molecular weight excluding hydrogens is 210 g/mol. The second kappa shape index (κ2) is 4.99. The topological polar surface area (TPSA) is 29.1 Å². The van der Waals surface area contributed by atoms with E-state index in [0.717, 1.165) is 12.3 Å². The molecule has 2 saturated carbocycles. The van der Waals surface area contributed by atoms with Crippen LogP contribution in [-0.4, -0.2) is 11.9 Å². The highest BCUT2D eigenvalue weighted by Gasteiger charge is 2.38. The Hall–Kier alpha value is -0.530. The third-order valence-corrected chi connectivity index (χ3v) is 4.86. The molecule has 2 aliphatic carbocycles. The zero-order chi connectivity index (χ0) is 12.5. The van der Waals surface area contributed by atoms with Crippen molar-refractivity contribution in [3.63, 3.8) is 0 Å². The van der Waals surface area contributed by atoms with Gasteiger partial charge in [-0.2, -0.15) is 0 Å². The smallest absolute Gasteiger partial charge is 0.223 e. The Bertz CT molecular complexity index is 285. The van der Waals surface area contributed by atoms with Crippen molar-refractivity contribution < 1.29 is 4.79 Å². The van der Waals surface area contributed by atoms with Crippen molar-refractivity contribution in [3.05, 3.63) is 0 Å². The molecule has 3 unspecified atom stereocenters. The van der Waals surface area contributed by atoms with Gasteiger partial charge in [-0.15, -0.1) is 0 Å². The van der Waals surface area contributed by atoms with Gasteiger partial charge in [0.15, 0.2) is 0 Å². The number of rotatable bonds is 2. The number of carbonyl (C=O) groups is 1. The van der Waals surface area contributed by atoms with Crippen LogP contribution in [0, 0.1) is 17.3 Å². The first-order valence-corrected chi connectivity index (χ1v) is 7.29. The van der Waals surface area contributed by atoms with Crippen LogP contribution >= 0.6 is 0 Å². The van der Waals surface area contributed by atoms with Crippen molar-refractivity contribution in [2.75, 3.05) is 0 Å². The van der Waals surface area contributed by atoms with E-state index >= 15 is 0 Å². The second-order valence-electron chi connectivity index (χ2n) is 6.91. The van der Waals surface area contributed by atoms with Crippen LogP contribution in [0.15, 0.2) is 0 Å². The SMILES string of the molecule is CC1CCC(NC(=O)C2CCCCC2(C)C)C1. The number of hydrogen-bond acceptors (Lipinski definition) is 1. The average molecular weight is 237 g/mol. The first-order valence-electron chi connectivity index (χ1n) is 7.29. The van der Waals surface area contributed by atoms with Crippen LogP contribution in [0.25, 0.3) is 0 Å². The summed E-state index contributed by atoms with van der Waals surface area (Å²) in [7, 11) is 0. The van der Waals surface area contributed by atoms with Gasteiger partial charge in [0.1, 0.15) is 0 Å². The summed E-state index contributed by atoms with van der Waals surface area (Å²) < 4.78 is 0. The third kappa shape index (κ3) is 3.02. The van der Waals surface area contributed by atoms with Crippen molar-refractivity contribution >= 4 is 5.91 Å². The van der Waals surface area contributed by atoms with E-state index in [9.17, 15) is 4.79 Å². The molecule has 1 N–H and O–H groups in total. The molecule has 0 aliphatic heterocycles. The van der Waals surface area contributed by atoms with Crippen molar-refractivity contribution in [3.8, 4) is 0 Å². The summed E-state index contributed by atoms with van der Waals surface area (Å²) in [6.45, 7) is 6.80. The van der Waals surface area contributed by atoms with Crippen molar-refractivity contribution in [2.24, 2.45) is 17.3 Å². The van der Waals surface area contributed by atoms with Gasteiger partial charge in [0.05, 0.1) is 0 Å². The van der Waals surface area contributed by atoms with E-state index in [1.807, 2.05) is 0 Å². The van der Waals surface area contributed by atoms with Crippen LogP contribution in [0.5, 0.6) is 0 Å². The number of hydrogen-bond donors (Lipinski definition) is 1. The lowest BCUT2D eigenvalue weighted by Crippen LogP contribution is -2.44. The summed E-state index contributed by atoms with van der Waals surface area (Å²) in [6.07, 6.45) is 8.44. The summed E-state index contributed by atoms with van der Waals surface area (Å²) in [6, 6.07) is 0.454. The standard InChI is InChI=1S/C15H27NO/c1-11-7-8-12(10-11)16-14(17)13-6-4-5-9-15(13,2)3/h11-13H,4-10H2,1-3H3,(H,16,17). The fourth-order valence-corrected chi connectivity index (χ4v) is 3.62. The van der Waals surface area contributed by atoms with Crippen LogP contribution in [0.2, 0.25) is 0 Å². The molecule has 0 aromatic rings. The number of nitrogens with one attached hydrogen (secondary N) is 1. The zero-order valence-electron chi connectivity index (χ0n) is 11.6. The molecule has 0 radical (unpaired) electrons. The Morgan fingerprint density at radius 1 is 1.18 bits per heavy atom. The van der Waals surface area contributed by atoms with Crippen molar-refractivity contribution in [1.29, 1.82) is 0 Å². The predicted molar refractivity (Wildman–Crippen MR) is 70.7 cm³/mol. The minimum Gasteiger partial charge on any atom is -0.353 e. The third-order valence-electron chi connectivity index (χ3n) is 4.86. The molecule has 0 bridgehead atoms. The minimum absolute atomic E-state index is 0.201. The largest absolute Gasteiger partial charge is 0.353 e. The highest BCUT2D eigenvalue weighted by atomic mass is 16.2. The Morgan fingerprint density at radius 3 is 2.53 bits per heavy atom. The van der Waals surface area contributed by atoms with Gasteiger partial charge in [-0.25, -0.2) is 0 Å². The predicted octanol–water partition coefficient (Wildman–Crippen LogP) is 3.51. The molecule has 0 heterocycles. The molecule has 0 spiro atoms. The maximum Gasteiger partial charge on any atom is 0.223 e.